The van der Waals surface area contributed by atoms with Gasteiger partial charge in [-0.15, -0.1) is 13.2 Å². The molecule has 0 bridgehead atoms. The van der Waals surface area contributed by atoms with Gasteiger partial charge in [-0.05, 0) is 29.7 Å². The minimum Gasteiger partial charge on any atom is -0.423 e. The predicted octanol–water partition coefficient (Wildman–Crippen LogP) is 1.52. The summed E-state index contributed by atoms with van der Waals surface area (Å²) < 4.78 is 40.3. The van der Waals surface area contributed by atoms with E-state index in [4.69, 9.17) is 10.0 Å². The minimum atomic E-state index is -4.83. The summed E-state index contributed by atoms with van der Waals surface area (Å²) in [5, 5.41) is 20.5. The lowest BCUT2D eigenvalue weighted by molar-refractivity contribution is -0.274. The van der Waals surface area contributed by atoms with Gasteiger partial charge in [-0.3, -0.25) is 4.79 Å². The SMILES string of the molecule is O=C(Nc1cccc(OC(F)(F)F)c1)c1cccc(B(O)O)c1. The number of hydrogen-bond acceptors (Lipinski definition) is 4. The van der Waals surface area contributed by atoms with Crippen molar-refractivity contribution in [1.82, 2.24) is 0 Å². The van der Waals surface area contributed by atoms with E-state index in [0.717, 1.165) is 12.1 Å². The van der Waals surface area contributed by atoms with Crippen LogP contribution < -0.4 is 15.5 Å². The van der Waals surface area contributed by atoms with E-state index in [1.807, 2.05) is 0 Å². The molecule has 0 unspecified atom stereocenters. The van der Waals surface area contributed by atoms with Crippen molar-refractivity contribution in [1.29, 1.82) is 0 Å². The smallest absolute Gasteiger partial charge is 0.423 e. The highest BCUT2D eigenvalue weighted by atomic mass is 19.4. The van der Waals surface area contributed by atoms with Crippen LogP contribution in [-0.4, -0.2) is 29.4 Å². The van der Waals surface area contributed by atoms with Crippen LogP contribution >= 0.6 is 0 Å². The molecule has 0 saturated carbocycles. The van der Waals surface area contributed by atoms with E-state index in [9.17, 15) is 18.0 Å². The molecule has 0 aliphatic heterocycles. The van der Waals surface area contributed by atoms with Crippen molar-refractivity contribution in [2.45, 2.75) is 6.36 Å². The van der Waals surface area contributed by atoms with Gasteiger partial charge < -0.3 is 20.1 Å². The first-order chi connectivity index (χ1) is 10.7. The number of benzene rings is 2. The normalized spacial score (nSPS) is 11.0. The molecule has 9 heteroatoms. The van der Waals surface area contributed by atoms with Crippen LogP contribution in [0.15, 0.2) is 48.5 Å². The molecule has 5 nitrogen and oxygen atoms in total. The number of halogens is 3. The van der Waals surface area contributed by atoms with E-state index in [-0.39, 0.29) is 16.7 Å². The van der Waals surface area contributed by atoms with E-state index in [1.165, 1.54) is 36.4 Å². The third kappa shape index (κ3) is 5.01. The van der Waals surface area contributed by atoms with Gasteiger partial charge in [0.1, 0.15) is 5.75 Å². The standard InChI is InChI=1S/C14H11BF3NO4/c16-14(17,18)23-12-6-2-5-11(8-12)19-13(20)9-3-1-4-10(7-9)15(21)22/h1-8,21-22H,(H,19,20). The molecule has 120 valence electrons. The fourth-order valence-electron chi connectivity index (χ4n) is 1.81. The number of amides is 1. The maximum Gasteiger partial charge on any atom is 0.573 e. The Bertz CT molecular complexity index is 706. The van der Waals surface area contributed by atoms with Crippen LogP contribution in [0.4, 0.5) is 18.9 Å². The number of ether oxygens (including phenoxy) is 1. The molecule has 0 spiro atoms. The van der Waals surface area contributed by atoms with Crippen molar-refractivity contribution in [2.75, 3.05) is 5.32 Å². The van der Waals surface area contributed by atoms with Crippen molar-refractivity contribution in [2.24, 2.45) is 0 Å². The highest BCUT2D eigenvalue weighted by molar-refractivity contribution is 6.58. The van der Waals surface area contributed by atoms with E-state index >= 15 is 0 Å². The lowest BCUT2D eigenvalue weighted by atomic mass is 9.79. The summed E-state index contributed by atoms with van der Waals surface area (Å²) in [6.45, 7) is 0. The molecule has 0 aliphatic carbocycles. The quantitative estimate of drug-likeness (QED) is 0.745. The molecule has 0 saturated heterocycles. The average Bonchev–Trinajstić information content (AvgIpc) is 2.46. The minimum absolute atomic E-state index is 0.103. The third-order valence-electron chi connectivity index (χ3n) is 2.77. The van der Waals surface area contributed by atoms with Crippen molar-refractivity contribution in [3.63, 3.8) is 0 Å². The number of nitrogens with one attached hydrogen (secondary N) is 1. The summed E-state index contributed by atoms with van der Waals surface area (Å²) in [4.78, 5) is 12.0. The second kappa shape index (κ2) is 6.72. The first kappa shape index (κ1) is 16.8. The molecule has 2 aromatic rings. The van der Waals surface area contributed by atoms with Gasteiger partial charge in [-0.25, -0.2) is 0 Å². The molecule has 0 heterocycles. The molecule has 2 rings (SSSR count). The van der Waals surface area contributed by atoms with Gasteiger partial charge in [-0.1, -0.05) is 18.2 Å². The zero-order chi connectivity index (χ0) is 17.0. The number of rotatable bonds is 4. The van der Waals surface area contributed by atoms with E-state index < -0.39 is 25.1 Å². The molecule has 0 atom stereocenters. The molecule has 0 aliphatic rings. The van der Waals surface area contributed by atoms with Crippen molar-refractivity contribution in [3.8, 4) is 5.75 Å². The van der Waals surface area contributed by atoms with E-state index in [0.29, 0.717) is 0 Å². The lowest BCUT2D eigenvalue weighted by Gasteiger charge is -2.11. The van der Waals surface area contributed by atoms with Crippen LogP contribution in [0.25, 0.3) is 0 Å². The van der Waals surface area contributed by atoms with Gasteiger partial charge in [0.25, 0.3) is 5.91 Å². The highest BCUT2D eigenvalue weighted by Crippen LogP contribution is 2.25. The lowest BCUT2D eigenvalue weighted by Crippen LogP contribution is -2.30. The second-order valence-electron chi connectivity index (χ2n) is 4.53. The van der Waals surface area contributed by atoms with Gasteiger partial charge in [0.2, 0.25) is 0 Å². The van der Waals surface area contributed by atoms with Crippen LogP contribution in [0.5, 0.6) is 5.75 Å². The van der Waals surface area contributed by atoms with Gasteiger partial charge in [0.15, 0.2) is 0 Å². The molecule has 0 fully saturated rings. The van der Waals surface area contributed by atoms with Crippen LogP contribution in [0, 0.1) is 0 Å². The average molecular weight is 325 g/mol. The summed E-state index contributed by atoms with van der Waals surface area (Å²) in [7, 11) is -1.73. The number of carbonyl (C=O) groups excluding carboxylic acids is 1. The molecule has 23 heavy (non-hydrogen) atoms. The first-order valence-electron chi connectivity index (χ1n) is 6.38. The third-order valence-corrected chi connectivity index (χ3v) is 2.77. The molecule has 3 N–H and O–H groups in total. The van der Waals surface area contributed by atoms with Crippen molar-refractivity contribution in [3.05, 3.63) is 54.1 Å². The monoisotopic (exact) mass is 325 g/mol. The summed E-state index contributed by atoms with van der Waals surface area (Å²) in [6, 6.07) is 10.4. The van der Waals surface area contributed by atoms with Crippen LogP contribution in [0.2, 0.25) is 0 Å². The topological polar surface area (TPSA) is 78.8 Å². The van der Waals surface area contributed by atoms with Crippen LogP contribution in [-0.2, 0) is 0 Å². The Morgan fingerprint density at radius 3 is 2.43 bits per heavy atom. The molecular weight excluding hydrogens is 314 g/mol. The second-order valence-corrected chi connectivity index (χ2v) is 4.53. The summed E-state index contributed by atoms with van der Waals surface area (Å²) >= 11 is 0. The van der Waals surface area contributed by atoms with E-state index in [1.54, 1.807) is 0 Å². The summed E-state index contributed by atoms with van der Waals surface area (Å²) in [6.07, 6.45) is -4.83. The molecular formula is C14H11BF3NO4. The Labute approximate surface area is 129 Å². The largest absolute Gasteiger partial charge is 0.573 e. The zero-order valence-electron chi connectivity index (χ0n) is 11.5. The Morgan fingerprint density at radius 2 is 1.78 bits per heavy atom. The number of alkyl halides is 3. The van der Waals surface area contributed by atoms with Gasteiger partial charge in [0.05, 0.1) is 0 Å². The van der Waals surface area contributed by atoms with Crippen LogP contribution in [0.3, 0.4) is 0 Å². The van der Waals surface area contributed by atoms with E-state index in [2.05, 4.69) is 10.1 Å². The number of carbonyl (C=O) groups is 1. The Hall–Kier alpha value is -2.52. The Balaban J connectivity index is 2.14. The van der Waals surface area contributed by atoms with Crippen molar-refractivity contribution >= 4 is 24.2 Å². The Kier molecular flexibility index (Phi) is 4.92. The van der Waals surface area contributed by atoms with Crippen molar-refractivity contribution < 1.29 is 32.8 Å². The summed E-state index contributed by atoms with van der Waals surface area (Å²) in [5.74, 6) is -1.08. The molecule has 2 aromatic carbocycles. The maximum absolute atomic E-state index is 12.2. The molecule has 0 aromatic heterocycles. The number of anilines is 1. The molecule has 1 amide bonds. The first-order valence-corrected chi connectivity index (χ1v) is 6.38. The van der Waals surface area contributed by atoms with Gasteiger partial charge >= 0.3 is 13.5 Å². The summed E-state index contributed by atoms with van der Waals surface area (Å²) in [5.41, 5.74) is 0.344. The zero-order valence-corrected chi connectivity index (χ0v) is 11.5. The maximum atomic E-state index is 12.2. The fraction of sp³-hybridized carbons (Fsp3) is 0.0714. The highest BCUT2D eigenvalue weighted by Gasteiger charge is 2.31. The van der Waals surface area contributed by atoms with Crippen LogP contribution in [0.1, 0.15) is 10.4 Å². The Morgan fingerprint density at radius 1 is 1.09 bits per heavy atom. The molecule has 0 radical (unpaired) electrons. The van der Waals surface area contributed by atoms with Gasteiger partial charge in [0, 0.05) is 17.3 Å². The predicted molar refractivity (Wildman–Crippen MR) is 77.3 cm³/mol. The fourth-order valence-corrected chi connectivity index (χ4v) is 1.81. The number of hydrogen-bond donors (Lipinski definition) is 3. The van der Waals surface area contributed by atoms with Gasteiger partial charge in [-0.2, -0.15) is 0 Å².